The maximum Gasteiger partial charge on any atom is 0.144 e. The Morgan fingerprint density at radius 1 is 1.33 bits per heavy atom. The smallest absolute Gasteiger partial charge is 0.144 e. The van der Waals surface area contributed by atoms with Crippen molar-refractivity contribution in [3.63, 3.8) is 0 Å². The first-order chi connectivity index (χ1) is 11.8. The van der Waals surface area contributed by atoms with E-state index >= 15 is 0 Å². The van der Waals surface area contributed by atoms with Gasteiger partial charge in [-0.15, -0.1) is 11.3 Å². The number of thiophene rings is 1. The Morgan fingerprint density at radius 2 is 2.25 bits per heavy atom. The standard InChI is InChI=1S/C19H20N4S/c1-23-8-3-2-4-14(23)12-21-19-18-16(7-9-24-18)15-6-5-13(11-20)10-17(15)22-19/h5-7,9-10,14H,2-4,8,12H2,1H3,(H,21,22). The Balaban J connectivity index is 1.70. The third-order valence-corrected chi connectivity index (χ3v) is 5.88. The van der Waals surface area contributed by atoms with E-state index in [1.807, 2.05) is 18.2 Å². The lowest BCUT2D eigenvalue weighted by Crippen LogP contribution is -2.40. The van der Waals surface area contributed by atoms with Gasteiger partial charge in [-0.3, -0.25) is 0 Å². The van der Waals surface area contributed by atoms with E-state index in [-0.39, 0.29) is 0 Å². The molecule has 1 aromatic carbocycles. The zero-order chi connectivity index (χ0) is 16.5. The maximum atomic E-state index is 9.15. The lowest BCUT2D eigenvalue weighted by Gasteiger charge is -2.32. The number of piperidine rings is 1. The Hall–Kier alpha value is -2.16. The average molecular weight is 336 g/mol. The second kappa shape index (κ2) is 6.39. The predicted octanol–water partition coefficient (Wildman–Crippen LogP) is 4.22. The van der Waals surface area contributed by atoms with Gasteiger partial charge in [0.2, 0.25) is 0 Å². The Morgan fingerprint density at radius 3 is 3.08 bits per heavy atom. The minimum atomic E-state index is 0.566. The highest BCUT2D eigenvalue weighted by molar-refractivity contribution is 7.18. The number of nitrogens with zero attached hydrogens (tertiary/aromatic N) is 3. The summed E-state index contributed by atoms with van der Waals surface area (Å²) in [6.45, 7) is 2.09. The van der Waals surface area contributed by atoms with E-state index in [2.05, 4.69) is 34.8 Å². The summed E-state index contributed by atoms with van der Waals surface area (Å²) in [6, 6.07) is 10.7. The molecule has 24 heavy (non-hydrogen) atoms. The SMILES string of the molecule is CN1CCCCC1CNc1nc2cc(C#N)ccc2c2ccsc12. The van der Waals surface area contributed by atoms with Crippen molar-refractivity contribution in [3.05, 3.63) is 35.2 Å². The lowest BCUT2D eigenvalue weighted by molar-refractivity contribution is 0.194. The van der Waals surface area contributed by atoms with E-state index in [4.69, 9.17) is 10.2 Å². The van der Waals surface area contributed by atoms with Crippen LogP contribution >= 0.6 is 11.3 Å². The molecule has 4 rings (SSSR count). The van der Waals surface area contributed by atoms with Crippen LogP contribution in [0.5, 0.6) is 0 Å². The fraction of sp³-hybridized carbons (Fsp3) is 0.368. The molecule has 1 saturated heterocycles. The Kier molecular flexibility index (Phi) is 4.09. The van der Waals surface area contributed by atoms with Gasteiger partial charge in [-0.05, 0) is 50.0 Å². The number of anilines is 1. The number of nitriles is 1. The molecule has 0 saturated carbocycles. The van der Waals surface area contributed by atoms with Gasteiger partial charge in [0.05, 0.1) is 21.8 Å². The zero-order valence-corrected chi connectivity index (χ0v) is 14.6. The van der Waals surface area contributed by atoms with Crippen molar-refractivity contribution in [1.29, 1.82) is 5.26 Å². The number of hydrogen-bond acceptors (Lipinski definition) is 5. The van der Waals surface area contributed by atoms with Gasteiger partial charge in [0.15, 0.2) is 0 Å². The largest absolute Gasteiger partial charge is 0.367 e. The van der Waals surface area contributed by atoms with E-state index < -0.39 is 0 Å². The monoisotopic (exact) mass is 336 g/mol. The van der Waals surface area contributed by atoms with Gasteiger partial charge in [-0.25, -0.2) is 4.98 Å². The van der Waals surface area contributed by atoms with Crippen molar-refractivity contribution in [2.45, 2.75) is 25.3 Å². The third kappa shape index (κ3) is 2.72. The van der Waals surface area contributed by atoms with Crippen molar-refractivity contribution in [2.24, 2.45) is 0 Å². The van der Waals surface area contributed by atoms with Crippen LogP contribution in [-0.2, 0) is 0 Å². The van der Waals surface area contributed by atoms with Crippen LogP contribution in [0.2, 0.25) is 0 Å². The molecule has 3 aromatic rings. The number of rotatable bonds is 3. The minimum absolute atomic E-state index is 0.566. The van der Waals surface area contributed by atoms with Gasteiger partial charge in [-0.1, -0.05) is 12.5 Å². The highest BCUT2D eigenvalue weighted by Gasteiger charge is 2.19. The molecule has 0 spiro atoms. The van der Waals surface area contributed by atoms with Crippen LogP contribution in [0, 0.1) is 11.3 Å². The van der Waals surface area contributed by atoms with Gasteiger partial charge in [-0.2, -0.15) is 5.26 Å². The fourth-order valence-corrected chi connectivity index (χ4v) is 4.41. The van der Waals surface area contributed by atoms with E-state index in [0.29, 0.717) is 11.6 Å². The summed E-state index contributed by atoms with van der Waals surface area (Å²) in [5.74, 6) is 0.946. The van der Waals surface area contributed by atoms with Crippen molar-refractivity contribution in [1.82, 2.24) is 9.88 Å². The molecule has 122 valence electrons. The summed E-state index contributed by atoms with van der Waals surface area (Å²) in [5.41, 5.74) is 1.54. The molecule has 1 fully saturated rings. The topological polar surface area (TPSA) is 52.0 Å². The molecular formula is C19H20N4S. The van der Waals surface area contributed by atoms with Crippen LogP contribution in [0.3, 0.4) is 0 Å². The molecule has 2 aromatic heterocycles. The van der Waals surface area contributed by atoms with E-state index in [1.165, 1.54) is 35.9 Å². The number of likely N-dealkylation sites (N-methyl/N-ethyl adjacent to an activating group) is 1. The third-order valence-electron chi connectivity index (χ3n) is 4.96. The maximum absolute atomic E-state index is 9.15. The molecule has 4 nitrogen and oxygen atoms in total. The quantitative estimate of drug-likeness (QED) is 0.778. The number of benzene rings is 1. The fourth-order valence-electron chi connectivity index (χ4n) is 3.53. The molecule has 1 atom stereocenters. The first-order valence-corrected chi connectivity index (χ1v) is 9.29. The van der Waals surface area contributed by atoms with E-state index in [9.17, 15) is 0 Å². The summed E-state index contributed by atoms with van der Waals surface area (Å²) in [7, 11) is 2.21. The zero-order valence-electron chi connectivity index (χ0n) is 13.7. The van der Waals surface area contributed by atoms with Gasteiger partial charge in [0, 0.05) is 23.4 Å². The normalized spacial score (nSPS) is 18.8. The number of aromatic nitrogens is 1. The molecule has 1 aliphatic rings. The van der Waals surface area contributed by atoms with Gasteiger partial charge in [0.25, 0.3) is 0 Å². The summed E-state index contributed by atoms with van der Waals surface area (Å²) < 4.78 is 1.20. The highest BCUT2D eigenvalue weighted by Crippen LogP contribution is 2.34. The van der Waals surface area contributed by atoms with Crippen LogP contribution < -0.4 is 5.32 Å². The van der Waals surface area contributed by atoms with Crippen LogP contribution in [0.4, 0.5) is 5.82 Å². The van der Waals surface area contributed by atoms with E-state index in [0.717, 1.165) is 23.3 Å². The van der Waals surface area contributed by atoms with Gasteiger partial charge >= 0.3 is 0 Å². The molecule has 1 unspecified atom stereocenters. The number of fused-ring (bicyclic) bond motifs is 3. The number of nitrogens with one attached hydrogen (secondary N) is 1. The molecule has 0 amide bonds. The number of pyridine rings is 1. The molecule has 0 aliphatic carbocycles. The van der Waals surface area contributed by atoms with Gasteiger partial charge in [0.1, 0.15) is 5.82 Å². The second-order valence-corrected chi connectivity index (χ2v) is 7.39. The summed E-state index contributed by atoms with van der Waals surface area (Å²) in [5, 5.41) is 17.2. The molecule has 3 heterocycles. The van der Waals surface area contributed by atoms with Crippen LogP contribution in [0.1, 0.15) is 24.8 Å². The summed E-state index contributed by atoms with van der Waals surface area (Å²) in [4.78, 5) is 7.26. The molecule has 1 N–H and O–H groups in total. The average Bonchev–Trinajstić information content (AvgIpc) is 3.10. The summed E-state index contributed by atoms with van der Waals surface area (Å²) >= 11 is 1.72. The second-order valence-electron chi connectivity index (χ2n) is 6.48. The van der Waals surface area contributed by atoms with Crippen molar-refractivity contribution < 1.29 is 0 Å². The van der Waals surface area contributed by atoms with Crippen molar-refractivity contribution in [2.75, 3.05) is 25.5 Å². The first-order valence-electron chi connectivity index (χ1n) is 8.41. The van der Waals surface area contributed by atoms with Crippen molar-refractivity contribution in [3.8, 4) is 6.07 Å². The predicted molar refractivity (Wildman–Crippen MR) is 101 cm³/mol. The molecule has 0 radical (unpaired) electrons. The number of likely N-dealkylation sites (tertiary alicyclic amines) is 1. The van der Waals surface area contributed by atoms with Crippen molar-refractivity contribution >= 4 is 38.1 Å². The first kappa shape index (κ1) is 15.4. The lowest BCUT2D eigenvalue weighted by atomic mass is 10.0. The molecule has 0 bridgehead atoms. The summed E-state index contributed by atoms with van der Waals surface area (Å²) in [6.07, 6.45) is 3.85. The molecule has 1 aliphatic heterocycles. The molecular weight excluding hydrogens is 316 g/mol. The van der Waals surface area contributed by atoms with Crippen LogP contribution in [-0.4, -0.2) is 36.1 Å². The molecule has 5 heteroatoms. The number of hydrogen-bond donors (Lipinski definition) is 1. The Labute approximate surface area is 145 Å². The van der Waals surface area contributed by atoms with Gasteiger partial charge < -0.3 is 10.2 Å². The highest BCUT2D eigenvalue weighted by atomic mass is 32.1. The Bertz CT molecular complexity index is 924. The minimum Gasteiger partial charge on any atom is -0.367 e. The van der Waals surface area contributed by atoms with E-state index in [1.54, 1.807) is 11.3 Å². The van der Waals surface area contributed by atoms with Crippen LogP contribution in [0.25, 0.3) is 21.0 Å². The van der Waals surface area contributed by atoms with Crippen LogP contribution in [0.15, 0.2) is 29.6 Å².